The Morgan fingerprint density at radius 1 is 1.00 bits per heavy atom. The molecule has 0 aliphatic rings. The number of rotatable bonds is 6. The van der Waals surface area contributed by atoms with Crippen LogP contribution in [0.4, 0.5) is 0 Å². The van der Waals surface area contributed by atoms with Crippen molar-refractivity contribution in [1.29, 1.82) is 5.26 Å². The Morgan fingerprint density at radius 2 is 1.50 bits per heavy atom. The number of allylic oxidation sites excluding steroid dienone is 8. The lowest BCUT2D eigenvalue weighted by Gasteiger charge is -1.99. The van der Waals surface area contributed by atoms with E-state index in [-0.39, 0.29) is 0 Å². The zero-order valence-electron chi connectivity index (χ0n) is 9.79. The Kier molecular flexibility index (Phi) is 6.31. The molecule has 0 aromatic heterocycles. The fourth-order valence-electron chi connectivity index (χ4n) is 0.789. The summed E-state index contributed by atoms with van der Waals surface area (Å²) in [4.78, 5) is 0. The molecule has 0 saturated heterocycles. The summed E-state index contributed by atoms with van der Waals surface area (Å²) in [5.74, 6) is 0. The molecule has 0 radical (unpaired) electrons. The molecule has 0 saturated carbocycles. The smallest absolute Gasteiger partial charge is 0.0985 e. The Balaban J connectivity index is 4.43. The average molecular weight is 211 g/mol. The molecule has 0 bridgehead atoms. The fourth-order valence-corrected chi connectivity index (χ4v) is 0.789. The maximum atomic E-state index is 8.52. The van der Waals surface area contributed by atoms with Crippen molar-refractivity contribution in [1.82, 2.24) is 0 Å². The van der Waals surface area contributed by atoms with Gasteiger partial charge in [0.05, 0.1) is 6.07 Å². The minimum absolute atomic E-state index is 0.399. The van der Waals surface area contributed by atoms with E-state index in [0.29, 0.717) is 5.57 Å². The summed E-state index contributed by atoms with van der Waals surface area (Å²) >= 11 is 0. The van der Waals surface area contributed by atoms with Crippen LogP contribution < -0.4 is 0 Å². The van der Waals surface area contributed by atoms with Crippen molar-refractivity contribution in [3.8, 4) is 6.07 Å². The summed E-state index contributed by atoms with van der Waals surface area (Å²) in [6, 6.07) is 1.93. The van der Waals surface area contributed by atoms with Gasteiger partial charge in [-0.2, -0.15) is 5.26 Å². The van der Waals surface area contributed by atoms with Crippen LogP contribution in [-0.4, -0.2) is 0 Å². The summed E-state index contributed by atoms with van der Waals surface area (Å²) in [7, 11) is 0. The van der Waals surface area contributed by atoms with Gasteiger partial charge in [0.15, 0.2) is 0 Å². The normalized spacial score (nSPS) is 10.2. The zero-order valence-corrected chi connectivity index (χ0v) is 9.79. The lowest BCUT2D eigenvalue weighted by atomic mass is 10.1. The lowest BCUT2D eigenvalue weighted by molar-refractivity contribution is 1.16. The van der Waals surface area contributed by atoms with Gasteiger partial charge in [-0.05, 0) is 23.6 Å². The quantitative estimate of drug-likeness (QED) is 0.475. The highest BCUT2D eigenvalue weighted by molar-refractivity contribution is 5.46. The van der Waals surface area contributed by atoms with Crippen molar-refractivity contribution >= 4 is 0 Å². The maximum absolute atomic E-state index is 8.52. The second-order valence-corrected chi connectivity index (χ2v) is 3.37. The van der Waals surface area contributed by atoms with Gasteiger partial charge in [-0.1, -0.05) is 57.0 Å². The number of nitriles is 1. The molecule has 1 nitrogen and oxygen atoms in total. The second kappa shape index (κ2) is 7.25. The van der Waals surface area contributed by atoms with E-state index in [1.165, 1.54) is 0 Å². The van der Waals surface area contributed by atoms with Crippen LogP contribution >= 0.6 is 0 Å². The Labute approximate surface area is 98.1 Å². The molecule has 0 unspecified atom stereocenters. The summed E-state index contributed by atoms with van der Waals surface area (Å²) in [6.45, 7) is 17.2. The molecule has 0 fully saturated rings. The third-order valence-electron chi connectivity index (χ3n) is 2.02. The van der Waals surface area contributed by atoms with Crippen molar-refractivity contribution < 1.29 is 0 Å². The van der Waals surface area contributed by atoms with Crippen LogP contribution in [0.1, 0.15) is 13.3 Å². The molecule has 0 spiro atoms. The number of hydrogen-bond acceptors (Lipinski definition) is 1. The molecule has 0 aliphatic heterocycles. The zero-order chi connectivity index (χ0) is 12.6. The fraction of sp³-hybridized carbons (Fsp3) is 0.133. The van der Waals surface area contributed by atoms with E-state index in [1.807, 2.05) is 25.1 Å². The largest absolute Gasteiger partial charge is 0.192 e. The predicted molar refractivity (Wildman–Crippen MR) is 70.7 cm³/mol. The Morgan fingerprint density at radius 3 is 1.94 bits per heavy atom. The van der Waals surface area contributed by atoms with Crippen molar-refractivity contribution in [2.45, 2.75) is 13.3 Å². The van der Waals surface area contributed by atoms with E-state index in [4.69, 9.17) is 5.26 Å². The predicted octanol–water partition coefficient (Wildman–Crippen LogP) is 4.26. The maximum Gasteiger partial charge on any atom is 0.0985 e. The number of nitrogens with zero attached hydrogens (tertiary/aromatic N) is 1. The van der Waals surface area contributed by atoms with Crippen molar-refractivity contribution in [3.05, 3.63) is 72.9 Å². The van der Waals surface area contributed by atoms with E-state index >= 15 is 0 Å². The van der Waals surface area contributed by atoms with Gasteiger partial charge in [0.1, 0.15) is 0 Å². The molecular formula is C15H17N. The van der Waals surface area contributed by atoms with Crippen molar-refractivity contribution in [2.75, 3.05) is 0 Å². The summed E-state index contributed by atoms with van der Waals surface area (Å²) < 4.78 is 0. The van der Waals surface area contributed by atoms with Gasteiger partial charge in [0.2, 0.25) is 0 Å². The molecule has 1 heteroatoms. The first-order valence-corrected chi connectivity index (χ1v) is 5.02. The molecule has 0 aromatic carbocycles. The molecule has 16 heavy (non-hydrogen) atoms. The van der Waals surface area contributed by atoms with Crippen LogP contribution in [0.15, 0.2) is 72.9 Å². The summed E-state index contributed by atoms with van der Waals surface area (Å²) in [5, 5.41) is 8.52. The van der Waals surface area contributed by atoms with Crippen molar-refractivity contribution in [2.24, 2.45) is 0 Å². The molecule has 0 heterocycles. The van der Waals surface area contributed by atoms with Gasteiger partial charge in [-0.15, -0.1) is 0 Å². The standard InChI is InChI=1S/C15H17N/c1-6-12(2)7-9-14(4)15(5)10-8-13(3)11-16/h7-10H,2-6H2,1H3/b9-7-,10-8-. The highest BCUT2D eigenvalue weighted by atomic mass is 14.2. The highest BCUT2D eigenvalue weighted by Gasteiger charge is 1.92. The third kappa shape index (κ3) is 5.62. The van der Waals surface area contributed by atoms with Crippen LogP contribution in [0.3, 0.4) is 0 Å². The first kappa shape index (κ1) is 13.9. The molecule has 0 amide bonds. The van der Waals surface area contributed by atoms with E-state index < -0.39 is 0 Å². The summed E-state index contributed by atoms with van der Waals surface area (Å²) in [5.41, 5.74) is 3.00. The first-order chi connectivity index (χ1) is 7.51. The SMILES string of the molecule is C=C(C#N)/C=C\C(=C)C(=C)/C=C\C(=C)CC. The molecule has 82 valence electrons. The van der Waals surface area contributed by atoms with E-state index in [2.05, 4.69) is 26.3 Å². The molecule has 0 rings (SSSR count). The Hall–Kier alpha value is -2.07. The summed E-state index contributed by atoms with van der Waals surface area (Å²) in [6.07, 6.45) is 8.05. The monoisotopic (exact) mass is 211 g/mol. The van der Waals surface area contributed by atoms with Crippen LogP contribution in [0.25, 0.3) is 0 Å². The third-order valence-corrected chi connectivity index (χ3v) is 2.02. The lowest BCUT2D eigenvalue weighted by Crippen LogP contribution is -1.79. The van der Waals surface area contributed by atoms with Gasteiger partial charge >= 0.3 is 0 Å². The van der Waals surface area contributed by atoms with Gasteiger partial charge < -0.3 is 0 Å². The molecule has 0 aliphatic carbocycles. The molecular weight excluding hydrogens is 194 g/mol. The first-order valence-electron chi connectivity index (χ1n) is 5.02. The number of hydrogen-bond donors (Lipinski definition) is 0. The van der Waals surface area contributed by atoms with Gasteiger partial charge in [0, 0.05) is 5.57 Å². The van der Waals surface area contributed by atoms with Crippen molar-refractivity contribution in [3.63, 3.8) is 0 Å². The Bertz CT molecular complexity index is 411. The minimum Gasteiger partial charge on any atom is -0.192 e. The van der Waals surface area contributed by atoms with Gasteiger partial charge in [0.25, 0.3) is 0 Å². The average Bonchev–Trinajstić information content (AvgIpc) is 2.31. The van der Waals surface area contributed by atoms with E-state index in [1.54, 1.807) is 12.2 Å². The minimum atomic E-state index is 0.399. The van der Waals surface area contributed by atoms with E-state index in [9.17, 15) is 0 Å². The van der Waals surface area contributed by atoms with Crippen LogP contribution in [0, 0.1) is 11.3 Å². The molecule has 0 N–H and O–H groups in total. The second-order valence-electron chi connectivity index (χ2n) is 3.37. The van der Waals surface area contributed by atoms with Crippen LogP contribution in [-0.2, 0) is 0 Å². The van der Waals surface area contributed by atoms with Crippen LogP contribution in [0.2, 0.25) is 0 Å². The molecule has 0 aromatic rings. The molecule has 0 atom stereocenters. The van der Waals surface area contributed by atoms with Gasteiger partial charge in [-0.25, -0.2) is 0 Å². The van der Waals surface area contributed by atoms with E-state index in [0.717, 1.165) is 23.1 Å². The highest BCUT2D eigenvalue weighted by Crippen LogP contribution is 2.11. The van der Waals surface area contributed by atoms with Gasteiger partial charge in [-0.3, -0.25) is 0 Å². The van der Waals surface area contributed by atoms with Crippen LogP contribution in [0.5, 0.6) is 0 Å². The topological polar surface area (TPSA) is 23.8 Å².